The molecule has 1 atom stereocenters. The number of aryl methyl sites for hydroxylation is 1. The van der Waals surface area contributed by atoms with Crippen molar-refractivity contribution in [3.8, 4) is 5.75 Å². The van der Waals surface area contributed by atoms with Gasteiger partial charge in [-0.25, -0.2) is 5.43 Å². The number of methoxy groups -OCH3 is 1. The Morgan fingerprint density at radius 3 is 2.45 bits per heavy atom. The van der Waals surface area contributed by atoms with E-state index in [9.17, 15) is 9.59 Å². The molecule has 154 valence electrons. The number of rotatable bonds is 7. The Morgan fingerprint density at radius 1 is 1.10 bits per heavy atom. The zero-order valence-corrected chi connectivity index (χ0v) is 18.1. The van der Waals surface area contributed by atoms with Gasteiger partial charge in [0.05, 0.1) is 23.4 Å². The molecule has 29 heavy (non-hydrogen) atoms. The molecule has 2 aromatic carbocycles. The van der Waals surface area contributed by atoms with E-state index in [1.807, 2.05) is 39.0 Å². The first-order valence-electron chi connectivity index (χ1n) is 8.96. The number of nitrogens with one attached hydrogen (secondary N) is 2. The van der Waals surface area contributed by atoms with E-state index in [2.05, 4.69) is 15.8 Å². The van der Waals surface area contributed by atoms with E-state index < -0.39 is 17.9 Å². The predicted molar refractivity (Wildman–Crippen MR) is 116 cm³/mol. The van der Waals surface area contributed by atoms with Gasteiger partial charge in [-0.3, -0.25) is 9.59 Å². The van der Waals surface area contributed by atoms with Crippen LogP contribution in [0.15, 0.2) is 41.5 Å². The van der Waals surface area contributed by atoms with E-state index in [4.69, 9.17) is 27.9 Å². The molecule has 2 amide bonds. The van der Waals surface area contributed by atoms with E-state index in [0.717, 1.165) is 16.9 Å². The van der Waals surface area contributed by atoms with Crippen LogP contribution in [0.25, 0.3) is 0 Å². The third kappa shape index (κ3) is 6.21. The van der Waals surface area contributed by atoms with Gasteiger partial charge in [-0.1, -0.05) is 49.2 Å². The summed E-state index contributed by atoms with van der Waals surface area (Å²) in [5, 5.41) is 7.31. The number of carbonyl (C=O) groups excluding carboxylic acids is 2. The molecule has 0 aromatic heterocycles. The van der Waals surface area contributed by atoms with Crippen LogP contribution >= 0.6 is 23.2 Å². The SMILES string of the molecule is COc1cc(C=NNC(=O)C(NC(=O)c2ccc(Cl)c(Cl)c2)C(C)C)ccc1C. The topological polar surface area (TPSA) is 79.8 Å². The highest BCUT2D eigenvalue weighted by molar-refractivity contribution is 6.42. The fraction of sp³-hybridized carbons (Fsp3) is 0.286. The molecule has 0 aliphatic carbocycles. The van der Waals surface area contributed by atoms with E-state index >= 15 is 0 Å². The van der Waals surface area contributed by atoms with Crippen LogP contribution in [0.1, 0.15) is 35.3 Å². The third-order valence-corrected chi connectivity index (χ3v) is 4.98. The first kappa shape index (κ1) is 22.7. The van der Waals surface area contributed by atoms with Gasteiger partial charge in [-0.05, 0) is 48.2 Å². The molecule has 0 spiro atoms. The van der Waals surface area contributed by atoms with Gasteiger partial charge >= 0.3 is 0 Å². The van der Waals surface area contributed by atoms with E-state index in [1.54, 1.807) is 13.2 Å². The van der Waals surface area contributed by atoms with Crippen molar-refractivity contribution >= 4 is 41.2 Å². The van der Waals surface area contributed by atoms with Gasteiger partial charge in [0.1, 0.15) is 11.8 Å². The molecule has 8 heteroatoms. The second-order valence-corrected chi connectivity index (χ2v) is 7.60. The summed E-state index contributed by atoms with van der Waals surface area (Å²) in [7, 11) is 1.59. The van der Waals surface area contributed by atoms with Crippen molar-refractivity contribution in [3.63, 3.8) is 0 Å². The van der Waals surface area contributed by atoms with Gasteiger partial charge in [0.2, 0.25) is 0 Å². The van der Waals surface area contributed by atoms with Crippen molar-refractivity contribution < 1.29 is 14.3 Å². The number of hydrogen-bond acceptors (Lipinski definition) is 4. The second kappa shape index (κ2) is 10.3. The number of hydrazone groups is 1. The maximum Gasteiger partial charge on any atom is 0.262 e. The minimum absolute atomic E-state index is 0.156. The summed E-state index contributed by atoms with van der Waals surface area (Å²) in [5.41, 5.74) is 4.55. The summed E-state index contributed by atoms with van der Waals surface area (Å²) in [5.74, 6) is -0.279. The molecule has 6 nitrogen and oxygen atoms in total. The monoisotopic (exact) mass is 435 g/mol. The molecule has 2 aromatic rings. The molecule has 1 unspecified atom stereocenters. The summed E-state index contributed by atoms with van der Waals surface area (Å²) in [6.45, 7) is 5.59. The molecule has 0 radical (unpaired) electrons. The van der Waals surface area contributed by atoms with Gasteiger partial charge < -0.3 is 10.1 Å². The smallest absolute Gasteiger partial charge is 0.262 e. The molecule has 0 saturated carbocycles. The molecule has 2 N–H and O–H groups in total. The molecule has 0 bridgehead atoms. The van der Waals surface area contributed by atoms with Crippen LogP contribution in [0.5, 0.6) is 5.75 Å². The molecule has 2 rings (SSSR count). The van der Waals surface area contributed by atoms with Gasteiger partial charge in [0.25, 0.3) is 11.8 Å². The first-order valence-corrected chi connectivity index (χ1v) is 9.72. The van der Waals surface area contributed by atoms with Gasteiger partial charge in [-0.2, -0.15) is 5.10 Å². The minimum atomic E-state index is -0.776. The van der Waals surface area contributed by atoms with Crippen LogP contribution in [-0.4, -0.2) is 31.2 Å². The highest BCUT2D eigenvalue weighted by Crippen LogP contribution is 2.22. The summed E-state index contributed by atoms with van der Waals surface area (Å²) in [6, 6.07) is 9.33. The van der Waals surface area contributed by atoms with E-state index in [-0.39, 0.29) is 10.9 Å². The third-order valence-electron chi connectivity index (χ3n) is 4.24. The summed E-state index contributed by atoms with van der Waals surface area (Å²) in [6.07, 6.45) is 1.51. The molecule has 0 aliphatic rings. The van der Waals surface area contributed by atoms with Crippen LogP contribution in [-0.2, 0) is 4.79 Å². The van der Waals surface area contributed by atoms with Crippen LogP contribution in [0.2, 0.25) is 10.0 Å². The Labute approximate surface area is 180 Å². The molecule has 0 heterocycles. The maximum atomic E-state index is 12.5. The number of amides is 2. The van der Waals surface area contributed by atoms with Gasteiger partial charge in [-0.15, -0.1) is 0 Å². The summed E-state index contributed by atoms with van der Waals surface area (Å²) in [4.78, 5) is 25.0. The standard InChI is InChI=1S/C21H23Cl2N3O3/c1-12(2)19(25-20(27)15-7-8-16(22)17(23)10-15)21(28)26-24-11-14-6-5-13(3)18(9-14)29-4/h5-12,19H,1-4H3,(H,25,27)(H,26,28). The molecule has 0 fully saturated rings. The number of benzene rings is 2. The Morgan fingerprint density at radius 2 is 1.83 bits per heavy atom. The zero-order chi connectivity index (χ0) is 21.6. The van der Waals surface area contributed by atoms with E-state index in [0.29, 0.717) is 10.6 Å². The number of hydrogen-bond donors (Lipinski definition) is 2. The van der Waals surface area contributed by atoms with Crippen molar-refractivity contribution in [3.05, 3.63) is 63.1 Å². The molecular weight excluding hydrogens is 413 g/mol. The largest absolute Gasteiger partial charge is 0.496 e. The molecule has 0 aliphatic heterocycles. The van der Waals surface area contributed by atoms with Crippen molar-refractivity contribution in [2.75, 3.05) is 7.11 Å². The van der Waals surface area contributed by atoms with Gasteiger partial charge in [0, 0.05) is 5.56 Å². The van der Waals surface area contributed by atoms with Crippen LogP contribution in [0, 0.1) is 12.8 Å². The van der Waals surface area contributed by atoms with Crippen molar-refractivity contribution in [2.45, 2.75) is 26.8 Å². The van der Waals surface area contributed by atoms with Crippen LogP contribution < -0.4 is 15.5 Å². The summed E-state index contributed by atoms with van der Waals surface area (Å²) < 4.78 is 5.27. The normalized spacial score (nSPS) is 12.1. The maximum absolute atomic E-state index is 12.5. The Bertz CT molecular complexity index is 929. The van der Waals surface area contributed by atoms with Crippen molar-refractivity contribution in [1.82, 2.24) is 10.7 Å². The fourth-order valence-electron chi connectivity index (χ4n) is 2.55. The van der Waals surface area contributed by atoms with E-state index in [1.165, 1.54) is 18.3 Å². The lowest BCUT2D eigenvalue weighted by atomic mass is 10.0. The van der Waals surface area contributed by atoms with Crippen LogP contribution in [0.4, 0.5) is 0 Å². The molecule has 0 saturated heterocycles. The second-order valence-electron chi connectivity index (χ2n) is 6.79. The van der Waals surface area contributed by atoms with Crippen molar-refractivity contribution in [1.29, 1.82) is 0 Å². The lowest BCUT2D eigenvalue weighted by Gasteiger charge is -2.20. The average molecular weight is 436 g/mol. The Balaban J connectivity index is 2.05. The Hall–Kier alpha value is -2.57. The highest BCUT2D eigenvalue weighted by atomic mass is 35.5. The number of ether oxygens (including phenoxy) is 1. The van der Waals surface area contributed by atoms with Crippen molar-refractivity contribution in [2.24, 2.45) is 11.0 Å². The quantitative estimate of drug-likeness (QED) is 0.504. The molecular formula is C21H23Cl2N3O3. The first-order chi connectivity index (χ1) is 13.7. The van der Waals surface area contributed by atoms with Crippen LogP contribution in [0.3, 0.4) is 0 Å². The summed E-state index contributed by atoms with van der Waals surface area (Å²) >= 11 is 11.8. The van der Waals surface area contributed by atoms with Gasteiger partial charge in [0.15, 0.2) is 0 Å². The number of carbonyl (C=O) groups is 2. The predicted octanol–water partition coefficient (Wildman–Crippen LogP) is 4.22. The minimum Gasteiger partial charge on any atom is -0.496 e. The fourth-order valence-corrected chi connectivity index (χ4v) is 2.85. The lowest BCUT2D eigenvalue weighted by molar-refractivity contribution is -0.123. The lowest BCUT2D eigenvalue weighted by Crippen LogP contribution is -2.48. The zero-order valence-electron chi connectivity index (χ0n) is 16.6. The highest BCUT2D eigenvalue weighted by Gasteiger charge is 2.24. The number of nitrogens with zero attached hydrogens (tertiary/aromatic N) is 1. The Kier molecular flexibility index (Phi) is 8.05. The number of halogens is 2. The average Bonchev–Trinajstić information content (AvgIpc) is 2.68.